The number of hydrogen-bond donors (Lipinski definition) is 1. The second-order valence-electron chi connectivity index (χ2n) is 5.03. The third-order valence-corrected chi connectivity index (χ3v) is 3.49. The van der Waals surface area contributed by atoms with Gasteiger partial charge < -0.3 is 15.0 Å². The Hall–Kier alpha value is -1.64. The number of nitriles is 1. The number of anilines is 1. The minimum atomic E-state index is -0.363. The molecule has 0 aromatic carbocycles. The maximum absolute atomic E-state index is 9.02. The van der Waals surface area contributed by atoms with Gasteiger partial charge in [-0.2, -0.15) is 5.26 Å². The Bertz CT molecular complexity index is 471. The molecular formula is C15H22N4O. The van der Waals surface area contributed by atoms with E-state index in [9.17, 15) is 0 Å². The molecule has 0 radical (unpaired) electrons. The summed E-state index contributed by atoms with van der Waals surface area (Å²) >= 11 is 0. The highest BCUT2D eigenvalue weighted by Gasteiger charge is 2.24. The van der Waals surface area contributed by atoms with Gasteiger partial charge in [0.05, 0.1) is 19.2 Å². The fraction of sp³-hybridized carbons (Fsp3) is 0.600. The zero-order valence-electron chi connectivity index (χ0n) is 12.2. The highest BCUT2D eigenvalue weighted by atomic mass is 16.5. The normalized spacial score (nSPS) is 20.4. The number of nitrogens with zero attached hydrogens (tertiary/aromatic N) is 3. The topological polar surface area (TPSA) is 61.2 Å². The molecule has 2 unspecified atom stereocenters. The van der Waals surface area contributed by atoms with Gasteiger partial charge in [-0.25, -0.2) is 4.98 Å². The molecule has 108 valence electrons. The number of morpholine rings is 1. The minimum absolute atomic E-state index is 0.252. The van der Waals surface area contributed by atoms with Gasteiger partial charge in [-0.15, -0.1) is 0 Å². The lowest BCUT2D eigenvalue weighted by Gasteiger charge is -2.33. The third-order valence-electron chi connectivity index (χ3n) is 3.49. The molecule has 1 N–H and O–H groups in total. The average molecular weight is 274 g/mol. The second kappa shape index (κ2) is 7.22. The van der Waals surface area contributed by atoms with Crippen molar-refractivity contribution in [3.8, 4) is 6.07 Å². The van der Waals surface area contributed by atoms with Crippen LogP contribution in [0.15, 0.2) is 18.3 Å². The first-order valence-corrected chi connectivity index (χ1v) is 7.20. The van der Waals surface area contributed by atoms with Gasteiger partial charge in [0.1, 0.15) is 5.82 Å². The molecule has 2 heterocycles. The molecule has 1 aromatic rings. The van der Waals surface area contributed by atoms with Crippen LogP contribution in [0.25, 0.3) is 0 Å². The number of nitrogens with one attached hydrogen (secondary N) is 1. The zero-order chi connectivity index (χ0) is 14.4. The highest BCUT2D eigenvalue weighted by Crippen LogP contribution is 2.25. The summed E-state index contributed by atoms with van der Waals surface area (Å²) in [5.41, 5.74) is 1.18. The number of pyridine rings is 1. The van der Waals surface area contributed by atoms with Crippen molar-refractivity contribution >= 4 is 5.82 Å². The Morgan fingerprint density at radius 3 is 3.25 bits per heavy atom. The van der Waals surface area contributed by atoms with Crippen molar-refractivity contribution in [3.05, 3.63) is 23.9 Å². The lowest BCUT2D eigenvalue weighted by atomic mass is 10.1. The molecule has 1 aliphatic heterocycles. The van der Waals surface area contributed by atoms with Crippen LogP contribution in [-0.2, 0) is 4.74 Å². The average Bonchev–Trinajstić information content (AvgIpc) is 2.52. The first-order valence-electron chi connectivity index (χ1n) is 7.20. The predicted molar refractivity (Wildman–Crippen MR) is 78.5 cm³/mol. The Labute approximate surface area is 120 Å². The van der Waals surface area contributed by atoms with Crippen LogP contribution < -0.4 is 10.2 Å². The molecule has 5 heteroatoms. The summed E-state index contributed by atoms with van der Waals surface area (Å²) < 4.78 is 5.40. The summed E-state index contributed by atoms with van der Waals surface area (Å²) in [6.07, 6.45) is 2.55. The maximum Gasteiger partial charge on any atom is 0.161 e. The van der Waals surface area contributed by atoms with Gasteiger partial charge in [0.25, 0.3) is 0 Å². The Kier molecular flexibility index (Phi) is 5.33. The largest absolute Gasteiger partial charge is 0.360 e. The molecule has 0 spiro atoms. The van der Waals surface area contributed by atoms with Crippen LogP contribution >= 0.6 is 0 Å². The molecule has 1 aliphatic rings. The van der Waals surface area contributed by atoms with Crippen LogP contribution in [0.2, 0.25) is 0 Å². The minimum Gasteiger partial charge on any atom is -0.360 e. The second-order valence-corrected chi connectivity index (χ2v) is 5.03. The van der Waals surface area contributed by atoms with Gasteiger partial charge in [0.2, 0.25) is 0 Å². The molecule has 1 fully saturated rings. The molecule has 0 bridgehead atoms. The van der Waals surface area contributed by atoms with Crippen LogP contribution in [0.1, 0.15) is 31.9 Å². The van der Waals surface area contributed by atoms with Crippen molar-refractivity contribution in [1.82, 2.24) is 10.3 Å². The number of hydrogen-bond acceptors (Lipinski definition) is 5. The van der Waals surface area contributed by atoms with Crippen molar-refractivity contribution < 1.29 is 4.74 Å². The van der Waals surface area contributed by atoms with E-state index in [1.807, 2.05) is 12.3 Å². The van der Waals surface area contributed by atoms with Gasteiger partial charge in [0, 0.05) is 24.3 Å². The molecule has 0 aliphatic carbocycles. The van der Waals surface area contributed by atoms with E-state index in [-0.39, 0.29) is 12.1 Å². The first kappa shape index (κ1) is 14.8. The summed E-state index contributed by atoms with van der Waals surface area (Å²) in [5, 5.41) is 12.5. The highest BCUT2D eigenvalue weighted by molar-refractivity contribution is 5.49. The van der Waals surface area contributed by atoms with Gasteiger partial charge >= 0.3 is 0 Å². The standard InChI is InChI=1S/C15H22N4O/c1-3-6-17-12(2)14-5-4-7-18-15(14)19-8-9-20-13(10-16)11-19/h4-5,7,12-13,17H,3,6,8-9,11H2,1-2H3. The van der Waals surface area contributed by atoms with Crippen molar-refractivity contribution in [3.63, 3.8) is 0 Å². The van der Waals surface area contributed by atoms with E-state index < -0.39 is 0 Å². The van der Waals surface area contributed by atoms with Crippen molar-refractivity contribution in [2.24, 2.45) is 0 Å². The predicted octanol–water partition coefficient (Wildman–Crippen LogP) is 1.87. The summed E-state index contributed by atoms with van der Waals surface area (Å²) in [5.74, 6) is 0.965. The van der Waals surface area contributed by atoms with Crippen molar-refractivity contribution in [1.29, 1.82) is 5.26 Å². The summed E-state index contributed by atoms with van der Waals surface area (Å²) in [7, 11) is 0. The van der Waals surface area contributed by atoms with Crippen LogP contribution in [0.5, 0.6) is 0 Å². The molecule has 0 amide bonds. The number of ether oxygens (including phenoxy) is 1. The van der Waals surface area contributed by atoms with Crippen LogP contribution in [-0.4, -0.2) is 37.3 Å². The fourth-order valence-corrected chi connectivity index (χ4v) is 2.40. The van der Waals surface area contributed by atoms with E-state index in [4.69, 9.17) is 10.00 Å². The summed E-state index contributed by atoms with van der Waals surface area (Å²) in [6, 6.07) is 6.50. The van der Waals surface area contributed by atoms with E-state index >= 15 is 0 Å². The van der Waals surface area contributed by atoms with Crippen molar-refractivity contribution in [2.45, 2.75) is 32.4 Å². The molecule has 20 heavy (non-hydrogen) atoms. The van der Waals surface area contributed by atoms with Gasteiger partial charge in [-0.1, -0.05) is 13.0 Å². The molecular weight excluding hydrogens is 252 g/mol. The SMILES string of the molecule is CCCNC(C)c1cccnc1N1CCOC(C#N)C1. The number of aromatic nitrogens is 1. The van der Waals surface area contributed by atoms with Crippen LogP contribution in [0.4, 0.5) is 5.82 Å². The quantitative estimate of drug-likeness (QED) is 0.888. The van der Waals surface area contributed by atoms with E-state index in [0.29, 0.717) is 13.2 Å². The zero-order valence-corrected chi connectivity index (χ0v) is 12.2. The maximum atomic E-state index is 9.02. The molecule has 0 saturated carbocycles. The molecule has 1 aromatic heterocycles. The van der Waals surface area contributed by atoms with Crippen LogP contribution in [0.3, 0.4) is 0 Å². The van der Waals surface area contributed by atoms with Gasteiger partial charge in [-0.05, 0) is 26.0 Å². The van der Waals surface area contributed by atoms with E-state index in [1.165, 1.54) is 5.56 Å². The molecule has 5 nitrogen and oxygen atoms in total. The smallest absolute Gasteiger partial charge is 0.161 e. The Balaban J connectivity index is 2.16. The molecule has 1 saturated heterocycles. The number of rotatable bonds is 5. The van der Waals surface area contributed by atoms with Crippen molar-refractivity contribution in [2.75, 3.05) is 31.1 Å². The van der Waals surface area contributed by atoms with Gasteiger partial charge in [0.15, 0.2) is 6.10 Å². The monoisotopic (exact) mass is 274 g/mol. The van der Waals surface area contributed by atoms with Crippen LogP contribution in [0, 0.1) is 11.3 Å². The van der Waals surface area contributed by atoms with E-state index in [0.717, 1.165) is 25.3 Å². The first-order chi connectivity index (χ1) is 9.76. The Morgan fingerprint density at radius 1 is 1.65 bits per heavy atom. The van der Waals surface area contributed by atoms with E-state index in [2.05, 4.69) is 41.2 Å². The fourth-order valence-electron chi connectivity index (χ4n) is 2.40. The summed E-state index contributed by atoms with van der Waals surface area (Å²) in [4.78, 5) is 6.67. The molecule has 2 atom stereocenters. The third kappa shape index (κ3) is 3.47. The summed E-state index contributed by atoms with van der Waals surface area (Å²) in [6.45, 7) is 7.23. The van der Waals surface area contributed by atoms with Gasteiger partial charge in [-0.3, -0.25) is 0 Å². The lowest BCUT2D eigenvalue weighted by molar-refractivity contribution is 0.0760. The molecule has 2 rings (SSSR count). The lowest BCUT2D eigenvalue weighted by Crippen LogP contribution is -2.43. The van der Waals surface area contributed by atoms with E-state index in [1.54, 1.807) is 0 Å². The Morgan fingerprint density at radius 2 is 2.50 bits per heavy atom.